The van der Waals surface area contributed by atoms with Crippen LogP contribution in [0.15, 0.2) is 18.2 Å². The van der Waals surface area contributed by atoms with Gasteiger partial charge >= 0.3 is 0 Å². The van der Waals surface area contributed by atoms with Crippen LogP contribution in [0.1, 0.15) is 18.4 Å². The van der Waals surface area contributed by atoms with Crippen molar-refractivity contribution >= 4 is 11.6 Å². The van der Waals surface area contributed by atoms with E-state index in [1.54, 1.807) is 18.2 Å². The molecule has 1 aromatic carbocycles. The van der Waals surface area contributed by atoms with E-state index in [4.69, 9.17) is 21.6 Å². The van der Waals surface area contributed by atoms with Gasteiger partial charge in [-0.1, -0.05) is 17.7 Å². The molecule has 4 heteroatoms. The summed E-state index contributed by atoms with van der Waals surface area (Å²) < 4.78 is 5.61. The zero-order valence-electron chi connectivity index (χ0n) is 9.82. The normalized spacial score (nSPS) is 14.7. The first-order valence-electron chi connectivity index (χ1n) is 5.74. The van der Waals surface area contributed by atoms with Gasteiger partial charge in [0.2, 0.25) is 0 Å². The summed E-state index contributed by atoms with van der Waals surface area (Å²) in [5, 5.41) is 9.43. The molecule has 2 rings (SSSR count). The molecule has 0 spiro atoms. The number of hydrogen-bond donors (Lipinski definition) is 0. The molecule has 0 aromatic heterocycles. The molecule has 1 aliphatic carbocycles. The number of nitrogens with zero attached hydrogens (tertiary/aromatic N) is 2. The van der Waals surface area contributed by atoms with Gasteiger partial charge in [-0.3, -0.25) is 0 Å². The van der Waals surface area contributed by atoms with Crippen molar-refractivity contribution < 1.29 is 4.74 Å². The van der Waals surface area contributed by atoms with E-state index >= 15 is 0 Å². The summed E-state index contributed by atoms with van der Waals surface area (Å²) >= 11 is 5.92. The fourth-order valence-electron chi connectivity index (χ4n) is 1.73. The highest BCUT2D eigenvalue weighted by atomic mass is 35.5. The standard InChI is InChI=1S/C13H15ClN2O/c1-16(10-5-6-10)7-8-17-13-4-2-3-12(14)11(13)9-15/h2-4,10H,5-8H2,1H3. The monoisotopic (exact) mass is 250 g/mol. The SMILES string of the molecule is CN(CCOc1cccc(Cl)c1C#N)C1CC1. The number of likely N-dealkylation sites (N-methyl/N-ethyl adjacent to an activating group) is 1. The molecule has 0 atom stereocenters. The molecule has 0 heterocycles. The Morgan fingerprint density at radius 1 is 1.53 bits per heavy atom. The van der Waals surface area contributed by atoms with Gasteiger partial charge in [0.1, 0.15) is 24.0 Å². The van der Waals surface area contributed by atoms with Crippen molar-refractivity contribution in [3.63, 3.8) is 0 Å². The van der Waals surface area contributed by atoms with Gasteiger partial charge in [0.05, 0.1) is 5.02 Å². The van der Waals surface area contributed by atoms with E-state index in [1.807, 2.05) is 0 Å². The Morgan fingerprint density at radius 3 is 2.94 bits per heavy atom. The van der Waals surface area contributed by atoms with Crippen molar-refractivity contribution in [2.75, 3.05) is 20.2 Å². The lowest BCUT2D eigenvalue weighted by atomic mass is 10.2. The van der Waals surface area contributed by atoms with Gasteiger partial charge in [-0.05, 0) is 32.0 Å². The number of nitriles is 1. The molecule has 0 radical (unpaired) electrons. The van der Waals surface area contributed by atoms with Crippen molar-refractivity contribution in [3.05, 3.63) is 28.8 Å². The topological polar surface area (TPSA) is 36.3 Å². The van der Waals surface area contributed by atoms with Gasteiger partial charge < -0.3 is 9.64 Å². The van der Waals surface area contributed by atoms with Crippen molar-refractivity contribution in [3.8, 4) is 11.8 Å². The van der Waals surface area contributed by atoms with E-state index in [0.29, 0.717) is 22.9 Å². The average Bonchev–Trinajstić information content (AvgIpc) is 3.13. The van der Waals surface area contributed by atoms with E-state index in [0.717, 1.165) is 12.6 Å². The molecule has 1 fully saturated rings. The summed E-state index contributed by atoms with van der Waals surface area (Å²) in [6, 6.07) is 8.07. The molecule has 0 N–H and O–H groups in total. The predicted molar refractivity (Wildman–Crippen MR) is 67.3 cm³/mol. The second kappa shape index (κ2) is 5.39. The predicted octanol–water partition coefficient (Wildman–Crippen LogP) is 2.68. The highest BCUT2D eigenvalue weighted by Gasteiger charge is 2.25. The van der Waals surface area contributed by atoms with Crippen molar-refractivity contribution in [1.29, 1.82) is 5.26 Å². The lowest BCUT2D eigenvalue weighted by Gasteiger charge is -2.16. The van der Waals surface area contributed by atoms with Gasteiger partial charge in [-0.15, -0.1) is 0 Å². The van der Waals surface area contributed by atoms with Crippen LogP contribution in [0.5, 0.6) is 5.75 Å². The van der Waals surface area contributed by atoms with E-state index in [-0.39, 0.29) is 0 Å². The van der Waals surface area contributed by atoms with Crippen molar-refractivity contribution in [1.82, 2.24) is 4.90 Å². The quantitative estimate of drug-likeness (QED) is 0.806. The minimum absolute atomic E-state index is 0.420. The van der Waals surface area contributed by atoms with E-state index in [9.17, 15) is 0 Å². The van der Waals surface area contributed by atoms with Crippen LogP contribution in [-0.4, -0.2) is 31.1 Å². The summed E-state index contributed by atoms with van der Waals surface area (Å²) in [6.07, 6.45) is 2.58. The van der Waals surface area contributed by atoms with Crippen LogP contribution in [0.3, 0.4) is 0 Å². The van der Waals surface area contributed by atoms with Crippen LogP contribution in [0, 0.1) is 11.3 Å². The summed E-state index contributed by atoms with van der Waals surface area (Å²) in [4.78, 5) is 2.29. The molecule has 0 unspecified atom stereocenters. The summed E-state index contributed by atoms with van der Waals surface area (Å²) in [6.45, 7) is 1.46. The fourth-order valence-corrected chi connectivity index (χ4v) is 1.94. The van der Waals surface area contributed by atoms with E-state index < -0.39 is 0 Å². The second-order valence-electron chi connectivity index (χ2n) is 4.29. The first-order chi connectivity index (χ1) is 8.22. The third kappa shape index (κ3) is 3.12. The van der Waals surface area contributed by atoms with Gasteiger partial charge in [0, 0.05) is 12.6 Å². The lowest BCUT2D eigenvalue weighted by Crippen LogP contribution is -2.26. The van der Waals surface area contributed by atoms with Crippen LogP contribution >= 0.6 is 11.6 Å². The van der Waals surface area contributed by atoms with Crippen LogP contribution in [0.4, 0.5) is 0 Å². The summed E-state index contributed by atoms with van der Waals surface area (Å²) in [5.41, 5.74) is 0.420. The Hall–Kier alpha value is -1.24. The Morgan fingerprint density at radius 2 is 2.29 bits per heavy atom. The van der Waals surface area contributed by atoms with Gasteiger partial charge in [0.25, 0.3) is 0 Å². The van der Waals surface area contributed by atoms with Crippen LogP contribution in [0.2, 0.25) is 5.02 Å². The molecular formula is C13H15ClN2O. The first-order valence-corrected chi connectivity index (χ1v) is 6.12. The highest BCUT2D eigenvalue weighted by Crippen LogP contribution is 2.26. The number of rotatable bonds is 5. The number of halogens is 1. The third-order valence-electron chi connectivity index (χ3n) is 2.96. The molecule has 0 amide bonds. The molecule has 3 nitrogen and oxygen atoms in total. The molecule has 0 aliphatic heterocycles. The van der Waals surface area contributed by atoms with E-state index in [1.165, 1.54) is 12.8 Å². The zero-order chi connectivity index (χ0) is 12.3. The third-order valence-corrected chi connectivity index (χ3v) is 3.27. The number of ether oxygens (including phenoxy) is 1. The van der Waals surface area contributed by atoms with Gasteiger partial charge in [-0.25, -0.2) is 0 Å². The molecule has 1 saturated carbocycles. The van der Waals surface area contributed by atoms with Gasteiger partial charge in [-0.2, -0.15) is 5.26 Å². The molecule has 0 bridgehead atoms. The Balaban J connectivity index is 1.90. The molecule has 0 saturated heterocycles. The maximum Gasteiger partial charge on any atom is 0.138 e. The highest BCUT2D eigenvalue weighted by molar-refractivity contribution is 6.31. The zero-order valence-corrected chi connectivity index (χ0v) is 10.6. The van der Waals surface area contributed by atoms with Crippen LogP contribution in [0.25, 0.3) is 0 Å². The molecule has 1 aromatic rings. The minimum atomic E-state index is 0.420. The summed E-state index contributed by atoms with van der Waals surface area (Å²) in [7, 11) is 2.10. The second-order valence-corrected chi connectivity index (χ2v) is 4.69. The van der Waals surface area contributed by atoms with Crippen molar-refractivity contribution in [2.45, 2.75) is 18.9 Å². The maximum absolute atomic E-state index is 8.98. The largest absolute Gasteiger partial charge is 0.491 e. The Bertz CT molecular complexity index is 438. The molecule has 17 heavy (non-hydrogen) atoms. The average molecular weight is 251 g/mol. The molecule has 1 aliphatic rings. The molecular weight excluding hydrogens is 236 g/mol. The maximum atomic E-state index is 8.98. The minimum Gasteiger partial charge on any atom is -0.491 e. The van der Waals surface area contributed by atoms with E-state index in [2.05, 4.69) is 18.0 Å². The Labute approximate surface area is 107 Å². The first kappa shape index (κ1) is 12.2. The van der Waals surface area contributed by atoms with Gasteiger partial charge in [0.15, 0.2) is 0 Å². The number of hydrogen-bond acceptors (Lipinski definition) is 3. The van der Waals surface area contributed by atoms with Crippen LogP contribution < -0.4 is 4.74 Å². The Kier molecular flexibility index (Phi) is 3.88. The smallest absolute Gasteiger partial charge is 0.138 e. The summed E-state index contributed by atoms with van der Waals surface area (Å²) in [5.74, 6) is 0.573. The van der Waals surface area contributed by atoms with Crippen LogP contribution in [-0.2, 0) is 0 Å². The van der Waals surface area contributed by atoms with Crippen molar-refractivity contribution in [2.24, 2.45) is 0 Å². The lowest BCUT2D eigenvalue weighted by molar-refractivity contribution is 0.231. The fraction of sp³-hybridized carbons (Fsp3) is 0.462. The molecule has 90 valence electrons. The number of benzene rings is 1.